The van der Waals surface area contributed by atoms with Gasteiger partial charge in [-0.15, -0.1) is 0 Å². The molecule has 0 bridgehead atoms. The topological polar surface area (TPSA) is 40.5 Å². The van der Waals surface area contributed by atoms with Crippen molar-refractivity contribution in [2.24, 2.45) is 5.92 Å². The van der Waals surface area contributed by atoms with Crippen LogP contribution in [0, 0.1) is 5.92 Å². The number of hydrogen-bond acceptors (Lipinski definition) is 2. The first-order valence-corrected chi connectivity index (χ1v) is 3.62. The molecule has 0 radical (unpaired) electrons. The number of aliphatic hydroxyl groups is 2. The molecule has 0 aliphatic heterocycles. The quantitative estimate of drug-likeness (QED) is 0.576. The Bertz CT molecular complexity index is 99.4. The molecular weight excluding hydrogens is 128 g/mol. The van der Waals surface area contributed by atoms with Crippen LogP contribution in [0.1, 0.15) is 20.3 Å². The van der Waals surface area contributed by atoms with Crippen molar-refractivity contribution in [3.63, 3.8) is 0 Å². The second-order valence-corrected chi connectivity index (χ2v) is 2.62. The lowest BCUT2D eigenvalue weighted by Gasteiger charge is -2.09. The molecule has 0 spiro atoms. The molecule has 0 saturated carbocycles. The fourth-order valence-corrected chi connectivity index (χ4v) is 0.788. The molecule has 0 aromatic heterocycles. The van der Waals surface area contributed by atoms with E-state index in [-0.39, 0.29) is 12.5 Å². The van der Waals surface area contributed by atoms with Crippen molar-refractivity contribution >= 4 is 0 Å². The van der Waals surface area contributed by atoms with Crippen molar-refractivity contribution in [3.8, 4) is 0 Å². The lowest BCUT2D eigenvalue weighted by Crippen LogP contribution is -2.11. The molecule has 0 fully saturated rings. The molecule has 2 nitrogen and oxygen atoms in total. The van der Waals surface area contributed by atoms with Crippen LogP contribution in [-0.4, -0.2) is 22.9 Å². The van der Waals surface area contributed by atoms with Gasteiger partial charge >= 0.3 is 0 Å². The molecule has 2 heteroatoms. The summed E-state index contributed by atoms with van der Waals surface area (Å²) in [7, 11) is 0. The summed E-state index contributed by atoms with van der Waals surface area (Å²) in [5.74, 6) is 0.186. The first-order chi connectivity index (χ1) is 4.70. The Kier molecular flexibility index (Phi) is 5.26. The molecule has 0 amide bonds. The largest absolute Gasteiger partial charge is 0.396 e. The monoisotopic (exact) mass is 144 g/mol. The molecule has 2 atom stereocenters. The smallest absolute Gasteiger partial charge is 0.0724 e. The summed E-state index contributed by atoms with van der Waals surface area (Å²) < 4.78 is 0. The third-order valence-electron chi connectivity index (χ3n) is 1.37. The van der Waals surface area contributed by atoms with Crippen molar-refractivity contribution in [3.05, 3.63) is 12.2 Å². The highest BCUT2D eigenvalue weighted by molar-refractivity contribution is 4.85. The number of allylic oxidation sites excluding steroid dienone is 1. The summed E-state index contributed by atoms with van der Waals surface area (Å²) in [6.45, 7) is 3.92. The Hall–Kier alpha value is -0.340. The summed E-state index contributed by atoms with van der Waals surface area (Å²) in [4.78, 5) is 0. The van der Waals surface area contributed by atoms with Crippen LogP contribution < -0.4 is 0 Å². The van der Waals surface area contributed by atoms with E-state index in [4.69, 9.17) is 10.2 Å². The standard InChI is InChI=1S/C8H16O2/c1-3-4-8(10)5-7(2)6-9/h3-4,7-10H,5-6H2,1-2H3/b4-3+. The Morgan fingerprint density at radius 3 is 2.50 bits per heavy atom. The average molecular weight is 144 g/mol. The molecule has 0 saturated heterocycles. The second-order valence-electron chi connectivity index (χ2n) is 2.62. The number of rotatable bonds is 4. The highest BCUT2D eigenvalue weighted by Gasteiger charge is 2.04. The fraction of sp³-hybridized carbons (Fsp3) is 0.750. The van der Waals surface area contributed by atoms with Gasteiger partial charge in [0.05, 0.1) is 6.10 Å². The summed E-state index contributed by atoms with van der Waals surface area (Å²) in [5, 5.41) is 17.8. The van der Waals surface area contributed by atoms with Crippen molar-refractivity contribution in [2.75, 3.05) is 6.61 Å². The van der Waals surface area contributed by atoms with Gasteiger partial charge in [0.25, 0.3) is 0 Å². The zero-order valence-corrected chi connectivity index (χ0v) is 6.62. The fourth-order valence-electron chi connectivity index (χ4n) is 0.788. The van der Waals surface area contributed by atoms with Gasteiger partial charge in [0, 0.05) is 6.61 Å². The van der Waals surface area contributed by atoms with Gasteiger partial charge in [-0.2, -0.15) is 0 Å². The van der Waals surface area contributed by atoms with Gasteiger partial charge < -0.3 is 10.2 Å². The summed E-state index contributed by atoms with van der Waals surface area (Å²) in [6.07, 6.45) is 3.79. The molecule has 0 aromatic rings. The zero-order chi connectivity index (χ0) is 7.98. The molecule has 10 heavy (non-hydrogen) atoms. The van der Waals surface area contributed by atoms with E-state index in [1.165, 1.54) is 0 Å². The van der Waals surface area contributed by atoms with E-state index in [1.54, 1.807) is 6.08 Å². The van der Waals surface area contributed by atoms with E-state index in [1.807, 2.05) is 19.9 Å². The van der Waals surface area contributed by atoms with Gasteiger partial charge in [-0.1, -0.05) is 19.1 Å². The third kappa shape index (κ3) is 4.53. The van der Waals surface area contributed by atoms with Gasteiger partial charge in [0.2, 0.25) is 0 Å². The normalized spacial score (nSPS) is 17.6. The SMILES string of the molecule is C/C=C/C(O)CC(C)CO. The molecular formula is C8H16O2. The minimum atomic E-state index is -0.396. The van der Waals surface area contributed by atoms with Gasteiger partial charge in [-0.25, -0.2) is 0 Å². The summed E-state index contributed by atoms with van der Waals surface area (Å²) in [6, 6.07) is 0. The van der Waals surface area contributed by atoms with Crippen LogP contribution in [0.3, 0.4) is 0 Å². The minimum absolute atomic E-state index is 0.147. The van der Waals surface area contributed by atoms with Gasteiger partial charge in [-0.05, 0) is 19.3 Å². The highest BCUT2D eigenvalue weighted by atomic mass is 16.3. The van der Waals surface area contributed by atoms with Crippen molar-refractivity contribution in [1.82, 2.24) is 0 Å². The Balaban J connectivity index is 3.46. The Morgan fingerprint density at radius 2 is 2.10 bits per heavy atom. The summed E-state index contributed by atoms with van der Waals surface area (Å²) >= 11 is 0. The molecule has 2 unspecified atom stereocenters. The Morgan fingerprint density at radius 1 is 1.50 bits per heavy atom. The van der Waals surface area contributed by atoms with Crippen LogP contribution in [0.15, 0.2) is 12.2 Å². The van der Waals surface area contributed by atoms with Crippen LogP contribution in [-0.2, 0) is 0 Å². The van der Waals surface area contributed by atoms with Crippen LogP contribution in [0.4, 0.5) is 0 Å². The number of hydrogen-bond donors (Lipinski definition) is 2. The van der Waals surface area contributed by atoms with E-state index >= 15 is 0 Å². The lowest BCUT2D eigenvalue weighted by molar-refractivity contribution is 0.154. The maximum Gasteiger partial charge on any atom is 0.0724 e. The predicted molar refractivity (Wildman–Crippen MR) is 41.7 cm³/mol. The first-order valence-electron chi connectivity index (χ1n) is 3.62. The Labute approximate surface area is 62.2 Å². The van der Waals surface area contributed by atoms with Crippen LogP contribution in [0.2, 0.25) is 0 Å². The molecule has 2 N–H and O–H groups in total. The third-order valence-corrected chi connectivity index (χ3v) is 1.37. The van der Waals surface area contributed by atoms with E-state index < -0.39 is 6.10 Å². The molecule has 0 aromatic carbocycles. The van der Waals surface area contributed by atoms with E-state index in [0.717, 1.165) is 0 Å². The van der Waals surface area contributed by atoms with E-state index in [9.17, 15) is 0 Å². The minimum Gasteiger partial charge on any atom is -0.396 e. The molecule has 0 aliphatic carbocycles. The highest BCUT2D eigenvalue weighted by Crippen LogP contribution is 2.05. The van der Waals surface area contributed by atoms with E-state index in [0.29, 0.717) is 6.42 Å². The molecule has 0 rings (SSSR count). The van der Waals surface area contributed by atoms with Gasteiger partial charge in [0.1, 0.15) is 0 Å². The molecule has 60 valence electrons. The molecule has 0 heterocycles. The second kappa shape index (κ2) is 5.45. The zero-order valence-electron chi connectivity index (χ0n) is 6.62. The van der Waals surface area contributed by atoms with Crippen molar-refractivity contribution in [2.45, 2.75) is 26.4 Å². The van der Waals surface area contributed by atoms with Gasteiger partial charge in [0.15, 0.2) is 0 Å². The van der Waals surface area contributed by atoms with Crippen molar-refractivity contribution < 1.29 is 10.2 Å². The maximum absolute atomic E-state index is 9.15. The van der Waals surface area contributed by atoms with Gasteiger partial charge in [-0.3, -0.25) is 0 Å². The predicted octanol–water partition coefficient (Wildman–Crippen LogP) is 0.942. The average Bonchev–Trinajstić information content (AvgIpc) is 1.88. The molecule has 0 aliphatic rings. The first kappa shape index (κ1) is 9.66. The summed E-state index contributed by atoms with van der Waals surface area (Å²) in [5.41, 5.74) is 0. The number of aliphatic hydroxyl groups excluding tert-OH is 2. The maximum atomic E-state index is 9.15. The lowest BCUT2D eigenvalue weighted by atomic mass is 10.0. The van der Waals surface area contributed by atoms with Crippen molar-refractivity contribution in [1.29, 1.82) is 0 Å². The van der Waals surface area contributed by atoms with E-state index in [2.05, 4.69) is 0 Å². The van der Waals surface area contributed by atoms with Crippen LogP contribution >= 0.6 is 0 Å². The van der Waals surface area contributed by atoms with Crippen LogP contribution in [0.5, 0.6) is 0 Å². The van der Waals surface area contributed by atoms with Crippen LogP contribution in [0.25, 0.3) is 0 Å².